The monoisotopic (exact) mass is 408 g/mol. The van der Waals surface area contributed by atoms with E-state index in [9.17, 15) is 4.79 Å². The number of hydrogen-bond acceptors (Lipinski definition) is 3. The van der Waals surface area contributed by atoms with Crippen molar-refractivity contribution < 1.29 is 4.79 Å². The third kappa shape index (κ3) is 7.53. The molecule has 0 bridgehead atoms. The smallest absolute Gasteiger partial charge is 0.168 e. The zero-order valence-electron chi connectivity index (χ0n) is 12.9. The van der Waals surface area contributed by atoms with E-state index in [1.54, 1.807) is 0 Å². The minimum absolute atomic E-state index is 0. The first-order valence-electron chi connectivity index (χ1n) is 6.30. The van der Waals surface area contributed by atoms with Crippen molar-refractivity contribution in [2.24, 2.45) is 5.92 Å². The zero-order valence-corrected chi connectivity index (χ0v) is 16.3. The van der Waals surface area contributed by atoms with Crippen LogP contribution in [0, 0.1) is 12.8 Å². The van der Waals surface area contributed by atoms with Gasteiger partial charge in [0.05, 0.1) is 0 Å². The van der Waals surface area contributed by atoms with Crippen molar-refractivity contribution in [3.05, 3.63) is 35.4 Å². The highest BCUT2D eigenvalue weighted by Gasteiger charge is 2.21. The topological polar surface area (TPSA) is 23.6 Å². The Labute approximate surface area is 143 Å². The van der Waals surface area contributed by atoms with E-state index in [0.29, 0.717) is 0 Å². The molecule has 3 nitrogen and oxygen atoms in total. The minimum Gasteiger partial charge on any atom is -0.309 e. The fourth-order valence-electron chi connectivity index (χ4n) is 2.14. The van der Waals surface area contributed by atoms with Crippen molar-refractivity contribution in [2.75, 3.05) is 41.3 Å². The molecule has 116 valence electrons. The Morgan fingerprint density at radius 2 is 1.55 bits per heavy atom. The van der Waals surface area contributed by atoms with Gasteiger partial charge < -0.3 is 9.80 Å². The van der Waals surface area contributed by atoms with Gasteiger partial charge >= 0.3 is 0 Å². The molecule has 1 aromatic rings. The number of hydrogen-bond donors (Lipinski definition) is 0. The Kier molecular flexibility index (Phi) is 11.6. The van der Waals surface area contributed by atoms with Crippen LogP contribution in [0.2, 0.25) is 0 Å². The Bertz CT molecular complexity index is 399. The van der Waals surface area contributed by atoms with E-state index in [0.717, 1.165) is 24.2 Å². The molecule has 0 aliphatic carbocycles. The lowest BCUT2D eigenvalue weighted by molar-refractivity contribution is 0.0870. The first-order valence-corrected chi connectivity index (χ1v) is 6.30. The molecular weight excluding hydrogens is 384 g/mol. The van der Waals surface area contributed by atoms with Gasteiger partial charge in [0.15, 0.2) is 5.78 Å². The number of aryl methyl sites for hydroxylation is 1. The lowest BCUT2D eigenvalue weighted by Gasteiger charge is -2.23. The van der Waals surface area contributed by atoms with Crippen LogP contribution in [0.4, 0.5) is 0 Å². The highest BCUT2D eigenvalue weighted by atomic mass is 79.9. The van der Waals surface area contributed by atoms with Gasteiger partial charge in [-0.25, -0.2) is 0 Å². The predicted octanol–water partition coefficient (Wildman–Crippen LogP) is 3.07. The molecule has 0 saturated heterocycles. The van der Waals surface area contributed by atoms with E-state index < -0.39 is 0 Å². The molecule has 5 heteroatoms. The van der Waals surface area contributed by atoms with Crippen molar-refractivity contribution in [3.8, 4) is 0 Å². The molecule has 1 aromatic carbocycles. The van der Waals surface area contributed by atoms with Crippen molar-refractivity contribution >= 4 is 39.7 Å². The van der Waals surface area contributed by atoms with Crippen LogP contribution < -0.4 is 0 Å². The maximum Gasteiger partial charge on any atom is 0.168 e. The number of halogens is 2. The van der Waals surface area contributed by atoms with Crippen molar-refractivity contribution in [1.82, 2.24) is 9.80 Å². The number of carbonyl (C=O) groups is 1. The first-order chi connectivity index (χ1) is 8.40. The summed E-state index contributed by atoms with van der Waals surface area (Å²) in [6.07, 6.45) is 0. The van der Waals surface area contributed by atoms with E-state index in [4.69, 9.17) is 0 Å². The van der Waals surface area contributed by atoms with Crippen LogP contribution in [0.25, 0.3) is 0 Å². The summed E-state index contributed by atoms with van der Waals surface area (Å²) in [5.74, 6) is 0.262. The predicted molar refractivity (Wildman–Crippen MR) is 96.8 cm³/mol. The summed E-state index contributed by atoms with van der Waals surface area (Å²) in [6.45, 7) is 3.58. The molecule has 0 fully saturated rings. The average Bonchev–Trinajstić information content (AvgIpc) is 2.26. The summed E-state index contributed by atoms with van der Waals surface area (Å²) in [4.78, 5) is 16.7. The van der Waals surface area contributed by atoms with Crippen LogP contribution in [0.1, 0.15) is 15.9 Å². The van der Waals surface area contributed by atoms with Gasteiger partial charge in [-0.2, -0.15) is 0 Å². The fourth-order valence-corrected chi connectivity index (χ4v) is 2.14. The molecule has 0 aliphatic heterocycles. The average molecular weight is 410 g/mol. The molecule has 0 N–H and O–H groups in total. The van der Waals surface area contributed by atoms with E-state index in [2.05, 4.69) is 9.80 Å². The summed E-state index contributed by atoms with van der Waals surface area (Å²) >= 11 is 0. The van der Waals surface area contributed by atoms with Crippen LogP contribution in [0.5, 0.6) is 0 Å². The van der Waals surface area contributed by atoms with Crippen molar-refractivity contribution in [1.29, 1.82) is 0 Å². The molecule has 0 heterocycles. The normalized spacial score (nSPS) is 10.4. The Morgan fingerprint density at radius 1 is 1.05 bits per heavy atom. The lowest BCUT2D eigenvalue weighted by atomic mass is 9.95. The number of benzene rings is 1. The zero-order chi connectivity index (χ0) is 13.7. The maximum absolute atomic E-state index is 12.5. The molecule has 1 rings (SSSR count). The molecular formula is C15H26Br2N2O. The fraction of sp³-hybridized carbons (Fsp3) is 0.533. The van der Waals surface area contributed by atoms with Gasteiger partial charge in [-0.15, -0.1) is 34.0 Å². The third-order valence-corrected chi connectivity index (χ3v) is 2.84. The van der Waals surface area contributed by atoms with Crippen molar-refractivity contribution in [2.45, 2.75) is 6.92 Å². The molecule has 0 radical (unpaired) electrons. The van der Waals surface area contributed by atoms with Gasteiger partial charge in [-0.05, 0) is 41.2 Å². The molecule has 0 spiro atoms. The second-order valence-corrected chi connectivity index (χ2v) is 5.46. The Balaban J connectivity index is 0. The molecule has 0 aromatic heterocycles. The summed E-state index contributed by atoms with van der Waals surface area (Å²) in [6, 6.07) is 7.85. The number of rotatable bonds is 6. The van der Waals surface area contributed by atoms with Gasteiger partial charge in [0.1, 0.15) is 0 Å². The van der Waals surface area contributed by atoms with Crippen LogP contribution in [0.15, 0.2) is 24.3 Å². The quantitative estimate of drug-likeness (QED) is 0.674. The second-order valence-electron chi connectivity index (χ2n) is 5.46. The third-order valence-electron chi connectivity index (χ3n) is 2.84. The Hall–Kier alpha value is -0.230. The lowest BCUT2D eigenvalue weighted by Crippen LogP contribution is -2.35. The highest BCUT2D eigenvalue weighted by molar-refractivity contribution is 8.93. The van der Waals surface area contributed by atoms with E-state index in [1.807, 2.05) is 59.4 Å². The Morgan fingerprint density at radius 3 is 1.95 bits per heavy atom. The van der Waals surface area contributed by atoms with E-state index in [1.165, 1.54) is 0 Å². The maximum atomic E-state index is 12.5. The van der Waals surface area contributed by atoms with Gasteiger partial charge in [-0.3, -0.25) is 4.79 Å². The van der Waals surface area contributed by atoms with Crippen LogP contribution >= 0.6 is 34.0 Å². The van der Waals surface area contributed by atoms with Gasteiger partial charge in [0.25, 0.3) is 0 Å². The summed E-state index contributed by atoms with van der Waals surface area (Å²) in [7, 11) is 8.02. The summed E-state index contributed by atoms with van der Waals surface area (Å²) in [5, 5.41) is 0. The summed E-state index contributed by atoms with van der Waals surface area (Å²) < 4.78 is 0. The molecule has 0 saturated carbocycles. The highest BCUT2D eigenvalue weighted by Crippen LogP contribution is 2.12. The second kappa shape index (κ2) is 10.5. The number of nitrogens with zero attached hydrogens (tertiary/aromatic N) is 2. The van der Waals surface area contributed by atoms with Gasteiger partial charge in [0.2, 0.25) is 0 Å². The summed E-state index contributed by atoms with van der Waals surface area (Å²) in [5.41, 5.74) is 1.96. The first kappa shape index (κ1) is 22.1. The van der Waals surface area contributed by atoms with E-state index in [-0.39, 0.29) is 45.7 Å². The largest absolute Gasteiger partial charge is 0.309 e. The van der Waals surface area contributed by atoms with Gasteiger partial charge in [-0.1, -0.05) is 23.8 Å². The number of Topliss-reactive ketones (excluding diaryl/α,β-unsaturated/α-hetero) is 1. The SMILES string of the molecule is Br.Br.Cc1cccc(C(=O)C(CN(C)C)CN(C)C)c1. The molecule has 0 amide bonds. The number of carbonyl (C=O) groups excluding carboxylic acids is 1. The van der Waals surface area contributed by atoms with Crippen molar-refractivity contribution in [3.63, 3.8) is 0 Å². The molecule has 0 atom stereocenters. The standard InChI is InChI=1S/C15H24N2O.2BrH/c1-12-7-6-8-13(9-12)15(18)14(10-16(2)3)11-17(4)5;;/h6-9,14H,10-11H2,1-5H3;2*1H. The number of ketones is 1. The van der Waals surface area contributed by atoms with E-state index >= 15 is 0 Å². The minimum atomic E-state index is 0. The van der Waals surface area contributed by atoms with Crippen LogP contribution in [-0.4, -0.2) is 56.9 Å². The van der Waals surface area contributed by atoms with Crippen LogP contribution in [0.3, 0.4) is 0 Å². The molecule has 20 heavy (non-hydrogen) atoms. The molecule has 0 aliphatic rings. The van der Waals surface area contributed by atoms with Gasteiger partial charge in [0, 0.05) is 24.6 Å². The van der Waals surface area contributed by atoms with Crippen LogP contribution in [-0.2, 0) is 0 Å². The molecule has 0 unspecified atom stereocenters.